The standard InChI is InChI=1S/C25H23N3O4/c1-17(29)18-11-13-20(14-12-18)27-22(30)10-6-16-28-24-21(9-5-15-26-24)32-23(25(28)31)19-7-3-2-4-8-19/h2-5,7-9,11-15,23H,6,10,16H2,1H3,(H,27,30)/t23-/m0/s1. The summed E-state index contributed by atoms with van der Waals surface area (Å²) in [6.45, 7) is 1.84. The van der Waals surface area contributed by atoms with E-state index < -0.39 is 6.10 Å². The molecule has 0 spiro atoms. The molecular weight excluding hydrogens is 406 g/mol. The number of rotatable bonds is 7. The summed E-state index contributed by atoms with van der Waals surface area (Å²) < 4.78 is 5.94. The Balaban J connectivity index is 1.40. The van der Waals surface area contributed by atoms with Crippen LogP contribution in [0.4, 0.5) is 11.5 Å². The van der Waals surface area contributed by atoms with Crippen LogP contribution in [0.5, 0.6) is 5.75 Å². The minimum absolute atomic E-state index is 0.0271. The van der Waals surface area contributed by atoms with Crippen LogP contribution in [0.15, 0.2) is 72.9 Å². The number of nitrogens with one attached hydrogen (secondary N) is 1. The molecule has 2 heterocycles. The first-order valence-corrected chi connectivity index (χ1v) is 10.4. The molecule has 0 saturated heterocycles. The molecule has 7 nitrogen and oxygen atoms in total. The maximum absolute atomic E-state index is 13.2. The molecule has 162 valence electrons. The Hall–Kier alpha value is -4.00. The molecule has 1 aliphatic heterocycles. The molecular formula is C25H23N3O4. The fourth-order valence-electron chi connectivity index (χ4n) is 3.56. The summed E-state index contributed by atoms with van der Waals surface area (Å²) in [6.07, 6.45) is 1.56. The van der Waals surface area contributed by atoms with Crippen molar-refractivity contribution in [3.63, 3.8) is 0 Å². The van der Waals surface area contributed by atoms with Gasteiger partial charge in [-0.15, -0.1) is 0 Å². The van der Waals surface area contributed by atoms with E-state index in [4.69, 9.17) is 4.74 Å². The summed E-state index contributed by atoms with van der Waals surface area (Å²) in [5.41, 5.74) is 1.98. The quantitative estimate of drug-likeness (QED) is 0.570. The Bertz CT molecular complexity index is 1130. The number of nitrogens with zero attached hydrogens (tertiary/aromatic N) is 2. The SMILES string of the molecule is CC(=O)c1ccc(NC(=O)CCCN2C(=O)[C@H](c3ccccc3)Oc3cccnc32)cc1. The van der Waals surface area contributed by atoms with Gasteiger partial charge in [0.2, 0.25) is 12.0 Å². The molecule has 1 N–H and O–H groups in total. The number of anilines is 2. The lowest BCUT2D eigenvalue weighted by atomic mass is 10.1. The molecule has 0 aliphatic carbocycles. The van der Waals surface area contributed by atoms with E-state index in [-0.39, 0.29) is 24.0 Å². The Morgan fingerprint density at radius 1 is 1.03 bits per heavy atom. The molecule has 1 aliphatic rings. The normalized spacial score (nSPS) is 15.0. The number of carbonyl (C=O) groups excluding carboxylic acids is 3. The molecule has 0 bridgehead atoms. The van der Waals surface area contributed by atoms with E-state index in [1.807, 2.05) is 30.3 Å². The number of fused-ring (bicyclic) bond motifs is 1. The second kappa shape index (κ2) is 9.43. The molecule has 2 aromatic carbocycles. The van der Waals surface area contributed by atoms with Crippen LogP contribution in [-0.2, 0) is 9.59 Å². The van der Waals surface area contributed by atoms with Crippen molar-refractivity contribution >= 4 is 29.1 Å². The van der Waals surface area contributed by atoms with Gasteiger partial charge >= 0.3 is 0 Å². The third-order valence-corrected chi connectivity index (χ3v) is 5.20. The van der Waals surface area contributed by atoms with Crippen LogP contribution in [0.2, 0.25) is 0 Å². The smallest absolute Gasteiger partial charge is 0.274 e. The minimum Gasteiger partial charge on any atom is -0.472 e. The largest absolute Gasteiger partial charge is 0.472 e. The van der Waals surface area contributed by atoms with E-state index in [1.165, 1.54) is 6.92 Å². The van der Waals surface area contributed by atoms with Gasteiger partial charge in [-0.3, -0.25) is 19.3 Å². The van der Waals surface area contributed by atoms with Crippen LogP contribution in [0.25, 0.3) is 0 Å². The number of benzene rings is 2. The van der Waals surface area contributed by atoms with Gasteiger partial charge in [0.1, 0.15) is 0 Å². The zero-order chi connectivity index (χ0) is 22.5. The number of carbonyl (C=O) groups is 3. The summed E-state index contributed by atoms with van der Waals surface area (Å²) in [5.74, 6) is 0.603. The fourth-order valence-corrected chi connectivity index (χ4v) is 3.56. The van der Waals surface area contributed by atoms with Crippen molar-refractivity contribution in [2.24, 2.45) is 0 Å². The zero-order valence-corrected chi connectivity index (χ0v) is 17.7. The zero-order valence-electron chi connectivity index (χ0n) is 17.7. The number of Topliss-reactive ketones (excluding diaryl/α,β-unsaturated/α-hetero) is 1. The van der Waals surface area contributed by atoms with Crippen molar-refractivity contribution < 1.29 is 19.1 Å². The fraction of sp³-hybridized carbons (Fsp3) is 0.200. The van der Waals surface area contributed by atoms with Crippen LogP contribution < -0.4 is 15.0 Å². The third-order valence-electron chi connectivity index (χ3n) is 5.20. The van der Waals surface area contributed by atoms with Gasteiger partial charge in [-0.2, -0.15) is 0 Å². The predicted octanol–water partition coefficient (Wildman–Crippen LogP) is 4.17. The van der Waals surface area contributed by atoms with Crippen molar-refractivity contribution in [3.8, 4) is 5.75 Å². The highest BCUT2D eigenvalue weighted by atomic mass is 16.5. The molecule has 3 aromatic rings. The van der Waals surface area contributed by atoms with Gasteiger partial charge in [0.05, 0.1) is 0 Å². The van der Waals surface area contributed by atoms with E-state index in [2.05, 4.69) is 10.3 Å². The summed E-state index contributed by atoms with van der Waals surface area (Å²) in [6, 6.07) is 19.6. The van der Waals surface area contributed by atoms with Gasteiger partial charge in [-0.05, 0) is 49.7 Å². The van der Waals surface area contributed by atoms with E-state index in [1.54, 1.807) is 47.5 Å². The number of hydrogen-bond donors (Lipinski definition) is 1. The molecule has 0 saturated carbocycles. The van der Waals surface area contributed by atoms with Gasteiger partial charge in [-0.25, -0.2) is 4.98 Å². The van der Waals surface area contributed by atoms with Crippen molar-refractivity contribution in [1.82, 2.24) is 4.98 Å². The van der Waals surface area contributed by atoms with Crippen LogP contribution in [-0.4, -0.2) is 29.1 Å². The number of hydrogen-bond acceptors (Lipinski definition) is 5. The lowest BCUT2D eigenvalue weighted by Crippen LogP contribution is -2.42. The third kappa shape index (κ3) is 4.67. The van der Waals surface area contributed by atoms with E-state index in [9.17, 15) is 14.4 Å². The van der Waals surface area contributed by atoms with Gasteiger partial charge < -0.3 is 10.1 Å². The van der Waals surface area contributed by atoms with Crippen molar-refractivity contribution in [2.75, 3.05) is 16.8 Å². The van der Waals surface area contributed by atoms with E-state index in [0.717, 1.165) is 5.56 Å². The van der Waals surface area contributed by atoms with Crippen molar-refractivity contribution in [2.45, 2.75) is 25.9 Å². The molecule has 0 fully saturated rings. The first kappa shape index (κ1) is 21.2. The topological polar surface area (TPSA) is 88.6 Å². The highest BCUT2D eigenvalue weighted by molar-refractivity contribution is 5.99. The van der Waals surface area contributed by atoms with E-state index in [0.29, 0.717) is 35.8 Å². The molecule has 4 rings (SSSR count). The molecule has 1 atom stereocenters. The summed E-state index contributed by atoms with van der Waals surface area (Å²) in [5, 5.41) is 2.82. The summed E-state index contributed by atoms with van der Waals surface area (Å²) in [7, 11) is 0. The number of ketones is 1. The molecule has 0 radical (unpaired) electrons. The maximum atomic E-state index is 13.2. The van der Waals surface area contributed by atoms with Crippen LogP contribution in [0.3, 0.4) is 0 Å². The minimum atomic E-state index is -0.749. The first-order chi connectivity index (χ1) is 15.5. The van der Waals surface area contributed by atoms with Crippen molar-refractivity contribution in [1.29, 1.82) is 0 Å². The summed E-state index contributed by atoms with van der Waals surface area (Å²) in [4.78, 5) is 42.8. The lowest BCUT2D eigenvalue weighted by molar-refractivity contribution is -0.127. The molecule has 32 heavy (non-hydrogen) atoms. The van der Waals surface area contributed by atoms with Crippen LogP contribution >= 0.6 is 0 Å². The highest BCUT2D eigenvalue weighted by Gasteiger charge is 2.36. The van der Waals surface area contributed by atoms with Gasteiger partial charge in [0, 0.05) is 36.0 Å². The highest BCUT2D eigenvalue weighted by Crippen LogP contribution is 2.37. The van der Waals surface area contributed by atoms with Crippen molar-refractivity contribution in [3.05, 3.63) is 84.1 Å². The lowest BCUT2D eigenvalue weighted by Gasteiger charge is -2.33. The van der Waals surface area contributed by atoms with E-state index >= 15 is 0 Å². The predicted molar refractivity (Wildman–Crippen MR) is 121 cm³/mol. The average Bonchev–Trinajstić information content (AvgIpc) is 2.81. The molecule has 1 aromatic heterocycles. The summed E-state index contributed by atoms with van der Waals surface area (Å²) >= 11 is 0. The second-order valence-corrected chi connectivity index (χ2v) is 7.51. The molecule has 7 heteroatoms. The Labute approximate surface area is 186 Å². The maximum Gasteiger partial charge on any atom is 0.274 e. The second-order valence-electron chi connectivity index (χ2n) is 7.51. The average molecular weight is 429 g/mol. The monoisotopic (exact) mass is 429 g/mol. The number of pyridine rings is 1. The molecule has 0 unspecified atom stereocenters. The number of ether oxygens (including phenoxy) is 1. The Morgan fingerprint density at radius 3 is 2.50 bits per heavy atom. The van der Waals surface area contributed by atoms with Crippen LogP contribution in [0.1, 0.15) is 41.8 Å². The van der Waals surface area contributed by atoms with Gasteiger partial charge in [-0.1, -0.05) is 30.3 Å². The number of amides is 2. The Kier molecular flexibility index (Phi) is 6.26. The van der Waals surface area contributed by atoms with Crippen LogP contribution in [0, 0.1) is 0 Å². The number of aromatic nitrogens is 1. The first-order valence-electron chi connectivity index (χ1n) is 10.4. The molecule has 2 amide bonds. The Morgan fingerprint density at radius 2 is 1.78 bits per heavy atom. The van der Waals surface area contributed by atoms with Gasteiger partial charge in [0.25, 0.3) is 5.91 Å². The van der Waals surface area contributed by atoms with Gasteiger partial charge in [0.15, 0.2) is 17.4 Å².